The summed E-state index contributed by atoms with van der Waals surface area (Å²) in [7, 11) is 0. The van der Waals surface area contributed by atoms with E-state index >= 15 is 0 Å². The molecule has 120 valence electrons. The van der Waals surface area contributed by atoms with Crippen molar-refractivity contribution in [2.45, 2.75) is 0 Å². The molecule has 6 heteroatoms. The lowest BCUT2D eigenvalue weighted by atomic mass is 10.3. The van der Waals surface area contributed by atoms with Gasteiger partial charge in [0, 0.05) is 32.4 Å². The topological polar surface area (TPSA) is 65.9 Å². The molecule has 0 atom stereocenters. The first kappa shape index (κ1) is 15.1. The molecule has 3 rings (SSSR count). The van der Waals surface area contributed by atoms with Crippen molar-refractivity contribution in [3.8, 4) is 11.5 Å². The highest BCUT2D eigenvalue weighted by atomic mass is 16.5. The molecule has 1 amide bonds. The standard InChI is InChI=1S/C17H19N3O3/c21-14-5-1-2-6-15(14)23-13-17(22)20-11-9-19(10-12-20)16-7-3-4-8-18-16/h1-8,21H,9-13H2. The highest BCUT2D eigenvalue weighted by Gasteiger charge is 2.22. The molecule has 0 saturated carbocycles. The third kappa shape index (κ3) is 3.71. The van der Waals surface area contributed by atoms with Gasteiger partial charge in [-0.05, 0) is 24.3 Å². The average Bonchev–Trinajstić information content (AvgIpc) is 2.62. The monoisotopic (exact) mass is 313 g/mol. The van der Waals surface area contributed by atoms with E-state index in [0.717, 1.165) is 18.9 Å². The van der Waals surface area contributed by atoms with Crippen LogP contribution in [0.25, 0.3) is 0 Å². The molecule has 23 heavy (non-hydrogen) atoms. The number of pyridine rings is 1. The Balaban J connectivity index is 1.50. The summed E-state index contributed by atoms with van der Waals surface area (Å²) in [5.41, 5.74) is 0. The third-order valence-electron chi connectivity index (χ3n) is 3.82. The number of carbonyl (C=O) groups is 1. The molecule has 1 fully saturated rings. The van der Waals surface area contributed by atoms with Crippen molar-refractivity contribution >= 4 is 11.7 Å². The van der Waals surface area contributed by atoms with Gasteiger partial charge in [-0.1, -0.05) is 18.2 Å². The second-order valence-corrected chi connectivity index (χ2v) is 5.31. The molecule has 0 aliphatic carbocycles. The van der Waals surface area contributed by atoms with Crippen molar-refractivity contribution in [3.05, 3.63) is 48.7 Å². The summed E-state index contributed by atoms with van der Waals surface area (Å²) < 4.78 is 5.40. The fraction of sp³-hybridized carbons (Fsp3) is 0.294. The fourth-order valence-electron chi connectivity index (χ4n) is 2.54. The molecule has 0 spiro atoms. The van der Waals surface area contributed by atoms with E-state index in [1.165, 1.54) is 6.07 Å². The van der Waals surface area contributed by atoms with Crippen molar-refractivity contribution < 1.29 is 14.6 Å². The molecular formula is C17H19N3O3. The molecule has 1 aromatic carbocycles. The lowest BCUT2D eigenvalue weighted by Crippen LogP contribution is -2.50. The zero-order valence-electron chi connectivity index (χ0n) is 12.8. The van der Waals surface area contributed by atoms with Gasteiger partial charge in [0.15, 0.2) is 18.1 Å². The predicted molar refractivity (Wildman–Crippen MR) is 86.6 cm³/mol. The number of anilines is 1. The zero-order chi connectivity index (χ0) is 16.1. The summed E-state index contributed by atoms with van der Waals surface area (Å²) in [6.07, 6.45) is 1.77. The van der Waals surface area contributed by atoms with Crippen LogP contribution in [0.15, 0.2) is 48.7 Å². The molecule has 0 radical (unpaired) electrons. The Morgan fingerprint density at radius 3 is 2.52 bits per heavy atom. The maximum absolute atomic E-state index is 12.2. The Kier molecular flexibility index (Phi) is 4.61. The van der Waals surface area contributed by atoms with Gasteiger partial charge in [0.25, 0.3) is 5.91 Å². The van der Waals surface area contributed by atoms with Crippen LogP contribution in [0, 0.1) is 0 Å². The van der Waals surface area contributed by atoms with Gasteiger partial charge in [-0.3, -0.25) is 4.79 Å². The lowest BCUT2D eigenvalue weighted by molar-refractivity contribution is -0.133. The van der Waals surface area contributed by atoms with Crippen LogP contribution in [0.3, 0.4) is 0 Å². The van der Waals surface area contributed by atoms with Crippen molar-refractivity contribution in [2.75, 3.05) is 37.7 Å². The number of hydrogen-bond donors (Lipinski definition) is 1. The maximum Gasteiger partial charge on any atom is 0.260 e. The van der Waals surface area contributed by atoms with Gasteiger partial charge in [0.2, 0.25) is 0 Å². The van der Waals surface area contributed by atoms with E-state index in [2.05, 4.69) is 9.88 Å². The van der Waals surface area contributed by atoms with Crippen LogP contribution in [0.5, 0.6) is 11.5 Å². The third-order valence-corrected chi connectivity index (χ3v) is 3.82. The summed E-state index contributed by atoms with van der Waals surface area (Å²) in [5.74, 6) is 1.23. The van der Waals surface area contributed by atoms with E-state index in [1.54, 1.807) is 29.3 Å². The summed E-state index contributed by atoms with van der Waals surface area (Å²) in [6, 6.07) is 12.5. The molecule has 1 saturated heterocycles. The van der Waals surface area contributed by atoms with E-state index < -0.39 is 0 Å². The van der Waals surface area contributed by atoms with E-state index in [0.29, 0.717) is 18.8 Å². The number of amides is 1. The number of nitrogens with zero attached hydrogens (tertiary/aromatic N) is 3. The molecule has 0 unspecified atom stereocenters. The number of para-hydroxylation sites is 2. The first-order chi connectivity index (χ1) is 11.2. The number of ether oxygens (including phenoxy) is 1. The smallest absolute Gasteiger partial charge is 0.260 e. The Morgan fingerprint density at radius 2 is 1.83 bits per heavy atom. The largest absolute Gasteiger partial charge is 0.504 e. The zero-order valence-corrected chi connectivity index (χ0v) is 12.8. The van der Waals surface area contributed by atoms with Crippen molar-refractivity contribution in [1.29, 1.82) is 0 Å². The van der Waals surface area contributed by atoms with Crippen LogP contribution in [0.4, 0.5) is 5.82 Å². The van der Waals surface area contributed by atoms with Crippen LogP contribution in [-0.4, -0.2) is 53.7 Å². The molecule has 1 N–H and O–H groups in total. The number of piperazine rings is 1. The van der Waals surface area contributed by atoms with Crippen LogP contribution < -0.4 is 9.64 Å². The summed E-state index contributed by atoms with van der Waals surface area (Å²) in [5, 5.41) is 9.63. The number of phenolic OH excluding ortho intramolecular Hbond substituents is 1. The molecule has 6 nitrogen and oxygen atoms in total. The summed E-state index contributed by atoms with van der Waals surface area (Å²) >= 11 is 0. The van der Waals surface area contributed by atoms with Crippen LogP contribution in [0.1, 0.15) is 0 Å². The van der Waals surface area contributed by atoms with Crippen molar-refractivity contribution in [2.24, 2.45) is 0 Å². The number of benzene rings is 1. The molecule has 2 aromatic rings. The average molecular weight is 313 g/mol. The Morgan fingerprint density at radius 1 is 1.09 bits per heavy atom. The minimum atomic E-state index is -0.0751. The SMILES string of the molecule is O=C(COc1ccccc1O)N1CCN(c2ccccn2)CC1. The Bertz CT molecular complexity index is 655. The molecule has 2 heterocycles. The second kappa shape index (κ2) is 7.00. The number of rotatable bonds is 4. The van der Waals surface area contributed by atoms with Gasteiger partial charge < -0.3 is 19.6 Å². The fourth-order valence-corrected chi connectivity index (χ4v) is 2.54. The first-order valence-corrected chi connectivity index (χ1v) is 7.58. The van der Waals surface area contributed by atoms with E-state index in [9.17, 15) is 9.90 Å². The van der Waals surface area contributed by atoms with Gasteiger partial charge in [-0.25, -0.2) is 4.98 Å². The highest BCUT2D eigenvalue weighted by Crippen LogP contribution is 2.24. The van der Waals surface area contributed by atoms with E-state index in [-0.39, 0.29) is 18.3 Å². The second-order valence-electron chi connectivity index (χ2n) is 5.31. The lowest BCUT2D eigenvalue weighted by Gasteiger charge is -2.35. The summed E-state index contributed by atoms with van der Waals surface area (Å²) in [4.78, 5) is 20.5. The number of aromatic nitrogens is 1. The van der Waals surface area contributed by atoms with E-state index in [4.69, 9.17) is 4.74 Å². The molecule has 1 aromatic heterocycles. The van der Waals surface area contributed by atoms with Gasteiger partial charge in [-0.15, -0.1) is 0 Å². The number of aromatic hydroxyl groups is 1. The van der Waals surface area contributed by atoms with Gasteiger partial charge in [-0.2, -0.15) is 0 Å². The van der Waals surface area contributed by atoms with Gasteiger partial charge >= 0.3 is 0 Å². The Hall–Kier alpha value is -2.76. The Labute approximate surface area is 134 Å². The van der Waals surface area contributed by atoms with Crippen molar-refractivity contribution in [1.82, 2.24) is 9.88 Å². The number of phenols is 1. The minimum Gasteiger partial charge on any atom is -0.504 e. The van der Waals surface area contributed by atoms with Crippen LogP contribution >= 0.6 is 0 Å². The quantitative estimate of drug-likeness (QED) is 0.927. The van der Waals surface area contributed by atoms with Crippen molar-refractivity contribution in [3.63, 3.8) is 0 Å². The van der Waals surface area contributed by atoms with Gasteiger partial charge in [0.1, 0.15) is 5.82 Å². The molecule has 1 aliphatic heterocycles. The number of carbonyl (C=O) groups excluding carboxylic acids is 1. The molecule has 1 aliphatic rings. The minimum absolute atomic E-state index is 0.0419. The van der Waals surface area contributed by atoms with Gasteiger partial charge in [0.05, 0.1) is 0 Å². The summed E-state index contributed by atoms with van der Waals surface area (Å²) in [6.45, 7) is 2.71. The van der Waals surface area contributed by atoms with Crippen LogP contribution in [0.2, 0.25) is 0 Å². The number of hydrogen-bond acceptors (Lipinski definition) is 5. The maximum atomic E-state index is 12.2. The molecule has 0 bridgehead atoms. The molecular weight excluding hydrogens is 294 g/mol. The first-order valence-electron chi connectivity index (χ1n) is 7.58. The van der Waals surface area contributed by atoms with E-state index in [1.807, 2.05) is 18.2 Å². The normalized spacial score (nSPS) is 14.6. The predicted octanol–water partition coefficient (Wildman–Crippen LogP) is 1.51. The highest BCUT2D eigenvalue weighted by molar-refractivity contribution is 5.78. The van der Waals surface area contributed by atoms with Crippen LogP contribution in [-0.2, 0) is 4.79 Å².